The van der Waals surface area contributed by atoms with E-state index in [4.69, 9.17) is 16.3 Å². The van der Waals surface area contributed by atoms with E-state index >= 15 is 0 Å². The molecule has 0 atom stereocenters. The van der Waals surface area contributed by atoms with E-state index in [1.165, 1.54) is 0 Å². The van der Waals surface area contributed by atoms with Gasteiger partial charge in [-0.25, -0.2) is 4.79 Å². The first-order chi connectivity index (χ1) is 14.7. The Bertz CT molecular complexity index is 1190. The molecule has 0 aliphatic heterocycles. The second-order valence-corrected chi connectivity index (χ2v) is 7.23. The third-order valence-electron chi connectivity index (χ3n) is 4.61. The van der Waals surface area contributed by atoms with Crippen molar-refractivity contribution in [3.05, 3.63) is 83.4 Å². The van der Waals surface area contributed by atoms with Gasteiger partial charge in [0.05, 0.1) is 12.2 Å². The number of anilines is 2. The van der Waals surface area contributed by atoms with Crippen molar-refractivity contribution in [2.24, 2.45) is 0 Å². The van der Waals surface area contributed by atoms with Gasteiger partial charge in [0, 0.05) is 27.0 Å². The number of ether oxygens (including phenoxy) is 1. The quantitative estimate of drug-likeness (QED) is 0.375. The second-order valence-electron chi connectivity index (χ2n) is 6.79. The van der Waals surface area contributed by atoms with Crippen molar-refractivity contribution in [3.8, 4) is 11.3 Å². The minimum atomic E-state index is -0.319. The zero-order valence-electron chi connectivity index (χ0n) is 16.4. The Hall–Kier alpha value is -3.44. The molecule has 0 bridgehead atoms. The summed E-state index contributed by atoms with van der Waals surface area (Å²) in [7, 11) is 0. The first kappa shape index (κ1) is 19.9. The van der Waals surface area contributed by atoms with Crippen LogP contribution in [0.4, 0.5) is 11.5 Å². The smallest absolute Gasteiger partial charge is 0.338 e. The van der Waals surface area contributed by atoms with Gasteiger partial charge < -0.3 is 10.1 Å². The predicted molar refractivity (Wildman–Crippen MR) is 120 cm³/mol. The lowest BCUT2D eigenvalue weighted by Crippen LogP contribution is -2.05. The topological polar surface area (TPSA) is 64.1 Å². The maximum atomic E-state index is 12.0. The number of esters is 1. The monoisotopic (exact) mass is 417 g/mol. The normalized spacial score (nSPS) is 10.7. The van der Waals surface area contributed by atoms with Crippen LogP contribution >= 0.6 is 11.6 Å². The number of carbonyl (C=O) groups is 1. The van der Waals surface area contributed by atoms with Crippen molar-refractivity contribution in [1.29, 1.82) is 0 Å². The summed E-state index contributed by atoms with van der Waals surface area (Å²) in [5.41, 5.74) is 2.98. The molecular formula is C24H20ClN3O2. The first-order valence-corrected chi connectivity index (χ1v) is 10.1. The van der Waals surface area contributed by atoms with Gasteiger partial charge in [0.25, 0.3) is 0 Å². The van der Waals surface area contributed by atoms with Crippen LogP contribution in [0.2, 0.25) is 5.02 Å². The number of fused-ring (bicyclic) bond motifs is 1. The number of nitrogens with zero attached hydrogens (tertiary/aromatic N) is 2. The van der Waals surface area contributed by atoms with E-state index in [9.17, 15) is 4.79 Å². The zero-order chi connectivity index (χ0) is 20.9. The Kier molecular flexibility index (Phi) is 5.91. The van der Waals surface area contributed by atoms with Crippen molar-refractivity contribution < 1.29 is 9.53 Å². The van der Waals surface area contributed by atoms with Crippen LogP contribution in [0.25, 0.3) is 22.0 Å². The molecule has 4 rings (SSSR count). The summed E-state index contributed by atoms with van der Waals surface area (Å²) in [5.74, 6) is 0.330. The molecule has 1 heterocycles. The average molecular weight is 418 g/mol. The van der Waals surface area contributed by atoms with Crippen LogP contribution < -0.4 is 5.32 Å². The van der Waals surface area contributed by atoms with Gasteiger partial charge in [-0.3, -0.25) is 0 Å². The molecule has 0 saturated heterocycles. The van der Waals surface area contributed by atoms with E-state index in [1.54, 1.807) is 12.1 Å². The highest BCUT2D eigenvalue weighted by molar-refractivity contribution is 6.30. The molecule has 0 fully saturated rings. The van der Waals surface area contributed by atoms with Gasteiger partial charge in [-0.15, -0.1) is 10.2 Å². The minimum absolute atomic E-state index is 0.319. The summed E-state index contributed by atoms with van der Waals surface area (Å²) < 4.78 is 5.19. The minimum Gasteiger partial charge on any atom is -0.462 e. The third-order valence-corrected chi connectivity index (χ3v) is 4.84. The number of hydrogen-bond donors (Lipinski definition) is 1. The molecule has 0 aliphatic rings. The molecule has 0 spiro atoms. The highest BCUT2D eigenvalue weighted by atomic mass is 35.5. The lowest BCUT2D eigenvalue weighted by atomic mass is 10.0. The number of carbonyl (C=O) groups excluding carboxylic acids is 1. The summed E-state index contributed by atoms with van der Waals surface area (Å²) in [6.45, 7) is 2.38. The van der Waals surface area contributed by atoms with E-state index in [2.05, 4.69) is 15.5 Å². The number of rotatable bonds is 6. The molecule has 30 heavy (non-hydrogen) atoms. The lowest BCUT2D eigenvalue weighted by Gasteiger charge is -2.12. The van der Waals surface area contributed by atoms with Gasteiger partial charge in [-0.2, -0.15) is 0 Å². The second kappa shape index (κ2) is 8.93. The van der Waals surface area contributed by atoms with Crippen molar-refractivity contribution in [3.63, 3.8) is 0 Å². The van der Waals surface area contributed by atoms with E-state index in [0.717, 1.165) is 34.1 Å². The van der Waals surface area contributed by atoms with Gasteiger partial charge in [0.2, 0.25) is 0 Å². The molecule has 1 aromatic heterocycles. The van der Waals surface area contributed by atoms with Gasteiger partial charge in [0.1, 0.15) is 5.69 Å². The molecule has 0 radical (unpaired) electrons. The Morgan fingerprint density at radius 1 is 0.967 bits per heavy atom. The van der Waals surface area contributed by atoms with Crippen LogP contribution in [0.5, 0.6) is 0 Å². The zero-order valence-corrected chi connectivity index (χ0v) is 17.2. The number of halogens is 1. The molecule has 150 valence electrons. The molecule has 3 aromatic carbocycles. The SMILES string of the molecule is CCCOC(=O)c1ccc(-c2nnc(Nc3cccc(Cl)c3)c3ccccc23)cc1. The number of benzene rings is 3. The van der Waals surface area contributed by atoms with Gasteiger partial charge in [-0.1, -0.05) is 61.0 Å². The van der Waals surface area contributed by atoms with Crippen molar-refractivity contribution >= 4 is 39.8 Å². The largest absolute Gasteiger partial charge is 0.462 e. The summed E-state index contributed by atoms with van der Waals surface area (Å²) in [6, 6.07) is 22.6. The number of nitrogens with one attached hydrogen (secondary N) is 1. The van der Waals surface area contributed by atoms with Gasteiger partial charge >= 0.3 is 5.97 Å². The summed E-state index contributed by atoms with van der Waals surface area (Å²) in [6.07, 6.45) is 0.793. The Morgan fingerprint density at radius 3 is 2.47 bits per heavy atom. The Morgan fingerprint density at radius 2 is 1.73 bits per heavy atom. The van der Waals surface area contributed by atoms with Crippen LogP contribution in [-0.2, 0) is 4.74 Å². The van der Waals surface area contributed by atoms with Crippen LogP contribution in [0, 0.1) is 0 Å². The maximum Gasteiger partial charge on any atom is 0.338 e. The molecule has 5 nitrogen and oxygen atoms in total. The Balaban J connectivity index is 1.68. The van der Waals surface area contributed by atoms with Crippen molar-refractivity contribution in [2.75, 3.05) is 11.9 Å². The molecule has 0 saturated carbocycles. The first-order valence-electron chi connectivity index (χ1n) is 9.71. The molecule has 1 N–H and O–H groups in total. The fraction of sp³-hybridized carbons (Fsp3) is 0.125. The fourth-order valence-corrected chi connectivity index (χ4v) is 3.34. The van der Waals surface area contributed by atoms with E-state index < -0.39 is 0 Å². The summed E-state index contributed by atoms with van der Waals surface area (Å²) >= 11 is 6.09. The third kappa shape index (κ3) is 4.26. The molecule has 6 heteroatoms. The summed E-state index contributed by atoms with van der Waals surface area (Å²) in [4.78, 5) is 12.0. The number of hydrogen-bond acceptors (Lipinski definition) is 5. The highest BCUT2D eigenvalue weighted by Gasteiger charge is 2.13. The molecular weight excluding hydrogens is 398 g/mol. The van der Waals surface area contributed by atoms with Crippen molar-refractivity contribution in [2.45, 2.75) is 13.3 Å². The van der Waals surface area contributed by atoms with Gasteiger partial charge in [0.15, 0.2) is 5.82 Å². The maximum absolute atomic E-state index is 12.0. The van der Waals surface area contributed by atoms with Crippen LogP contribution in [0.1, 0.15) is 23.7 Å². The standard InChI is InChI=1S/C24H20ClN3O2/c1-2-14-30-24(29)17-12-10-16(11-13-17)22-20-8-3-4-9-21(20)23(28-27-22)26-19-7-5-6-18(25)15-19/h3-13,15H,2,14H2,1H3,(H,26,28). The van der Waals surface area contributed by atoms with Gasteiger partial charge in [-0.05, 0) is 36.8 Å². The van der Waals surface area contributed by atoms with Crippen molar-refractivity contribution in [1.82, 2.24) is 10.2 Å². The fourth-order valence-electron chi connectivity index (χ4n) is 3.15. The van der Waals surface area contributed by atoms with Crippen LogP contribution in [0.15, 0.2) is 72.8 Å². The van der Waals surface area contributed by atoms with E-state index in [-0.39, 0.29) is 5.97 Å². The predicted octanol–water partition coefficient (Wildman–Crippen LogP) is 6.26. The molecule has 0 unspecified atom stereocenters. The van der Waals surface area contributed by atoms with E-state index in [0.29, 0.717) is 23.0 Å². The lowest BCUT2D eigenvalue weighted by molar-refractivity contribution is 0.0505. The number of aromatic nitrogens is 2. The summed E-state index contributed by atoms with van der Waals surface area (Å²) in [5, 5.41) is 14.7. The average Bonchev–Trinajstić information content (AvgIpc) is 2.78. The van der Waals surface area contributed by atoms with Crippen LogP contribution in [-0.4, -0.2) is 22.8 Å². The van der Waals surface area contributed by atoms with Crippen LogP contribution in [0.3, 0.4) is 0 Å². The highest BCUT2D eigenvalue weighted by Crippen LogP contribution is 2.31. The molecule has 0 aliphatic carbocycles. The Labute approximate surface area is 179 Å². The molecule has 4 aromatic rings. The molecule has 0 amide bonds. The van der Waals surface area contributed by atoms with E-state index in [1.807, 2.05) is 67.6 Å².